The van der Waals surface area contributed by atoms with E-state index in [1.165, 1.54) is 0 Å². The molecule has 1 aliphatic heterocycles. The lowest BCUT2D eigenvalue weighted by atomic mass is 9.76. The molecule has 4 unspecified atom stereocenters. The third-order valence-corrected chi connectivity index (χ3v) is 13.4. The number of benzene rings is 1. The highest BCUT2D eigenvalue weighted by Gasteiger charge is 2.57. The van der Waals surface area contributed by atoms with Gasteiger partial charge >= 0.3 is 12.1 Å². The topological polar surface area (TPSA) is 119 Å². The molecule has 5 aliphatic rings. The van der Waals surface area contributed by atoms with Crippen LogP contribution in [-0.2, 0) is 15.7 Å². The molecule has 2 bridgehead atoms. The van der Waals surface area contributed by atoms with Crippen molar-refractivity contribution in [2.45, 2.75) is 126 Å². The molecule has 0 spiro atoms. The lowest BCUT2D eigenvalue weighted by molar-refractivity contribution is -0.146. The minimum Gasteiger partial charge on any atom is -0.490 e. The van der Waals surface area contributed by atoms with Gasteiger partial charge in [0, 0.05) is 67.4 Å². The summed E-state index contributed by atoms with van der Waals surface area (Å²) in [5, 5.41) is 13.4. The van der Waals surface area contributed by atoms with Crippen LogP contribution in [0.2, 0.25) is 0 Å². The van der Waals surface area contributed by atoms with Crippen molar-refractivity contribution in [3.63, 3.8) is 0 Å². The summed E-state index contributed by atoms with van der Waals surface area (Å²) in [6.07, 6.45) is 3.80. The summed E-state index contributed by atoms with van der Waals surface area (Å²) < 4.78 is 86.7. The second-order valence-corrected chi connectivity index (χ2v) is 16.8. The van der Waals surface area contributed by atoms with Crippen LogP contribution in [0.3, 0.4) is 0 Å². The molecule has 8 rings (SSSR count). The monoisotopic (exact) mass is 787 g/mol. The molecule has 56 heavy (non-hydrogen) atoms. The predicted octanol–water partition coefficient (Wildman–Crippen LogP) is 8.29. The fourth-order valence-corrected chi connectivity index (χ4v) is 10.5. The van der Waals surface area contributed by atoms with Crippen molar-refractivity contribution < 1.29 is 46.1 Å². The number of nitrogens with one attached hydrogen (secondary N) is 1. The van der Waals surface area contributed by atoms with Crippen LogP contribution in [0.5, 0.6) is 5.75 Å². The summed E-state index contributed by atoms with van der Waals surface area (Å²) in [7, 11) is 0. The third kappa shape index (κ3) is 7.61. The molecule has 10 nitrogen and oxygen atoms in total. The van der Waals surface area contributed by atoms with E-state index in [4.69, 9.17) is 9.47 Å². The van der Waals surface area contributed by atoms with Crippen LogP contribution in [0.25, 0.3) is 22.3 Å². The summed E-state index contributed by atoms with van der Waals surface area (Å²) in [5.74, 6) is -4.97. The minimum atomic E-state index is -5.07. The van der Waals surface area contributed by atoms with Crippen LogP contribution in [0.4, 0.5) is 22.0 Å². The van der Waals surface area contributed by atoms with Crippen molar-refractivity contribution in [2.24, 2.45) is 17.8 Å². The molecular formula is C41H50F5N5O5. The number of amides is 1. The first-order valence-electron chi connectivity index (χ1n) is 20.2. The Balaban J connectivity index is 1.09. The number of aromatic nitrogens is 3. The zero-order chi connectivity index (χ0) is 39.4. The summed E-state index contributed by atoms with van der Waals surface area (Å²) in [6.45, 7) is 5.37. The van der Waals surface area contributed by atoms with E-state index in [9.17, 15) is 36.6 Å². The first-order valence-corrected chi connectivity index (χ1v) is 20.2. The van der Waals surface area contributed by atoms with Gasteiger partial charge in [-0.15, -0.1) is 0 Å². The second-order valence-electron chi connectivity index (χ2n) is 16.8. The molecule has 1 aromatic carbocycles. The number of carbonyl (C=O) groups excluding carboxylic acids is 1. The molecule has 4 aliphatic carbocycles. The SMILES string of the molecule is CCC1CC2CC(C1)C(NC(=O)c1cnc(-c3cn(C4CCC(F)(F)CC4)c4cc(OC5CCC(N6CCOCC6)CC5)ccc34)nc1C(F)(F)F)(C(=O)O)C2. The van der Waals surface area contributed by atoms with Gasteiger partial charge in [0.15, 0.2) is 11.5 Å². The van der Waals surface area contributed by atoms with Gasteiger partial charge in [-0.1, -0.05) is 13.3 Å². The van der Waals surface area contributed by atoms with Gasteiger partial charge in [0.05, 0.1) is 30.4 Å². The van der Waals surface area contributed by atoms with E-state index in [0.717, 1.165) is 71.0 Å². The number of halogens is 5. The molecular weight excluding hydrogens is 737 g/mol. The molecule has 15 heteroatoms. The molecule has 1 amide bonds. The number of carboxylic acids is 1. The Bertz CT molecular complexity index is 1930. The predicted molar refractivity (Wildman–Crippen MR) is 197 cm³/mol. The standard InChI is InChI=1S/C41H50F5N5O5/c1-2-24-17-25-19-26(18-24)40(21-25,38(53)54)49-37(52)32-22-47-36(48-35(32)41(44,45)46)33-23-51(28-9-11-39(42,43)12-10-28)34-20-30(7-8-31(33)34)56-29-5-3-27(4-6-29)50-13-15-55-16-14-50/h7-8,20,22-29H,2-6,9-19,21H2,1H3,(H,49,52)(H,53,54). The number of fused-ring (bicyclic) bond motifs is 3. The van der Waals surface area contributed by atoms with Crippen LogP contribution in [0, 0.1) is 17.8 Å². The number of morpholine rings is 1. The van der Waals surface area contributed by atoms with Gasteiger partial charge in [-0.05, 0) is 94.1 Å². The van der Waals surface area contributed by atoms with Crippen LogP contribution in [0.1, 0.15) is 112 Å². The smallest absolute Gasteiger partial charge is 0.434 e. The number of ether oxygens (including phenoxy) is 2. The molecule has 2 N–H and O–H groups in total. The molecule has 0 radical (unpaired) electrons. The molecule has 4 atom stereocenters. The summed E-state index contributed by atoms with van der Waals surface area (Å²) in [5.41, 5.74) is -3.15. The largest absolute Gasteiger partial charge is 0.490 e. The molecule has 5 fully saturated rings. The number of carboxylic acid groups (broad SMARTS) is 1. The van der Waals surface area contributed by atoms with Crippen molar-refractivity contribution in [1.29, 1.82) is 0 Å². The van der Waals surface area contributed by atoms with E-state index in [2.05, 4.69) is 20.2 Å². The zero-order valence-corrected chi connectivity index (χ0v) is 31.6. The number of aliphatic carboxylic acids is 1. The highest BCUT2D eigenvalue weighted by atomic mass is 19.4. The summed E-state index contributed by atoms with van der Waals surface area (Å²) >= 11 is 0. The Hall–Kier alpha value is -3.85. The molecule has 4 saturated carbocycles. The maximum absolute atomic E-state index is 14.8. The number of hydrogen-bond acceptors (Lipinski definition) is 7. The van der Waals surface area contributed by atoms with Gasteiger partial charge in [-0.2, -0.15) is 13.2 Å². The van der Waals surface area contributed by atoms with Crippen LogP contribution >= 0.6 is 0 Å². The number of carbonyl (C=O) groups is 2. The summed E-state index contributed by atoms with van der Waals surface area (Å²) in [4.78, 5) is 37.1. The molecule has 3 aromatic rings. The number of hydrogen-bond donors (Lipinski definition) is 2. The van der Waals surface area contributed by atoms with Gasteiger partial charge in [0.2, 0.25) is 5.92 Å². The number of nitrogens with zero attached hydrogens (tertiary/aromatic N) is 4. The van der Waals surface area contributed by atoms with Crippen LogP contribution < -0.4 is 10.1 Å². The van der Waals surface area contributed by atoms with E-state index in [0.29, 0.717) is 41.5 Å². The van der Waals surface area contributed by atoms with Gasteiger partial charge in [0.25, 0.3) is 5.91 Å². The third-order valence-electron chi connectivity index (χ3n) is 13.4. The molecule has 2 aromatic heterocycles. The highest BCUT2D eigenvalue weighted by Crippen LogP contribution is 2.52. The molecule has 3 heterocycles. The first-order chi connectivity index (χ1) is 26.7. The maximum atomic E-state index is 14.8. The normalized spacial score (nSPS) is 30.0. The van der Waals surface area contributed by atoms with Crippen LogP contribution in [-0.4, -0.2) is 86.3 Å². The van der Waals surface area contributed by atoms with Crippen molar-refractivity contribution in [1.82, 2.24) is 24.8 Å². The Morgan fingerprint density at radius 2 is 1.75 bits per heavy atom. The average molecular weight is 788 g/mol. The van der Waals surface area contributed by atoms with Crippen LogP contribution in [0.15, 0.2) is 30.6 Å². The summed E-state index contributed by atoms with van der Waals surface area (Å²) in [6, 6.07) is 5.46. The van der Waals surface area contributed by atoms with Crippen molar-refractivity contribution in [2.75, 3.05) is 26.3 Å². The van der Waals surface area contributed by atoms with Crippen molar-refractivity contribution in [3.8, 4) is 17.1 Å². The van der Waals surface area contributed by atoms with Gasteiger partial charge < -0.3 is 24.5 Å². The number of rotatable bonds is 9. The first kappa shape index (κ1) is 39.0. The maximum Gasteiger partial charge on any atom is 0.434 e. The van der Waals surface area contributed by atoms with Crippen molar-refractivity contribution in [3.05, 3.63) is 41.9 Å². The van der Waals surface area contributed by atoms with E-state index in [1.807, 2.05) is 17.6 Å². The Kier molecular flexibility index (Phi) is 10.5. The molecule has 304 valence electrons. The lowest BCUT2D eigenvalue weighted by Crippen LogP contribution is -2.57. The van der Waals surface area contributed by atoms with E-state index >= 15 is 0 Å². The van der Waals surface area contributed by atoms with Gasteiger partial charge in [-0.25, -0.2) is 23.5 Å². The highest BCUT2D eigenvalue weighted by molar-refractivity contribution is 6.00. The van der Waals surface area contributed by atoms with Crippen molar-refractivity contribution >= 4 is 22.8 Å². The fraction of sp³-hybridized carbons (Fsp3) is 0.659. The Morgan fingerprint density at radius 1 is 1.02 bits per heavy atom. The van der Waals surface area contributed by atoms with E-state index in [1.54, 1.807) is 18.3 Å². The Morgan fingerprint density at radius 3 is 2.43 bits per heavy atom. The zero-order valence-electron chi connectivity index (χ0n) is 31.6. The Labute approximate surface area is 322 Å². The van der Waals surface area contributed by atoms with Gasteiger partial charge in [-0.3, -0.25) is 9.69 Å². The average Bonchev–Trinajstić information content (AvgIpc) is 3.68. The van der Waals surface area contributed by atoms with E-state index in [-0.39, 0.29) is 61.6 Å². The second kappa shape index (κ2) is 15.1. The quantitative estimate of drug-likeness (QED) is 0.208. The number of alkyl halides is 5. The van der Waals surface area contributed by atoms with Gasteiger partial charge in [0.1, 0.15) is 11.3 Å². The fourth-order valence-electron chi connectivity index (χ4n) is 10.5. The lowest BCUT2D eigenvalue weighted by Gasteiger charge is -2.38. The van der Waals surface area contributed by atoms with E-state index < -0.39 is 46.7 Å². The molecule has 1 saturated heterocycles. The minimum absolute atomic E-state index is 0.0190.